The lowest BCUT2D eigenvalue weighted by Gasteiger charge is -2.24. The fourth-order valence-electron chi connectivity index (χ4n) is 4.27. The second-order valence-electron chi connectivity index (χ2n) is 9.57. The number of benzene rings is 3. The number of ether oxygens (including phenoxy) is 1. The summed E-state index contributed by atoms with van der Waals surface area (Å²) in [4.78, 5) is 32.5. The molecular formula is C30H34N4O3. The number of carbonyl (C=O) groups is 2. The maximum absolute atomic E-state index is 13.0. The van der Waals surface area contributed by atoms with Gasteiger partial charge in [-0.15, -0.1) is 0 Å². The maximum Gasteiger partial charge on any atom is 0.258 e. The van der Waals surface area contributed by atoms with Gasteiger partial charge in [-0.25, -0.2) is 0 Å². The maximum atomic E-state index is 13.0. The Kier molecular flexibility index (Phi) is 8.23. The molecule has 0 saturated heterocycles. The number of anilines is 1. The van der Waals surface area contributed by atoms with Crippen LogP contribution in [0.4, 0.5) is 5.69 Å². The van der Waals surface area contributed by atoms with Crippen LogP contribution in [-0.4, -0.2) is 49.9 Å². The molecule has 3 aromatic rings. The summed E-state index contributed by atoms with van der Waals surface area (Å²) in [6.07, 6.45) is -0.491. The number of para-hydroxylation sites is 1. The van der Waals surface area contributed by atoms with Crippen molar-refractivity contribution >= 4 is 23.2 Å². The van der Waals surface area contributed by atoms with Gasteiger partial charge >= 0.3 is 0 Å². The Morgan fingerprint density at radius 3 is 2.35 bits per heavy atom. The van der Waals surface area contributed by atoms with Crippen molar-refractivity contribution in [2.75, 3.05) is 25.1 Å². The number of rotatable bonds is 8. The lowest BCUT2D eigenvalue weighted by molar-refractivity contribution is -0.129. The molecule has 0 fully saturated rings. The Labute approximate surface area is 218 Å². The van der Waals surface area contributed by atoms with Crippen molar-refractivity contribution in [1.29, 1.82) is 0 Å². The fraction of sp³-hybridized carbons (Fsp3) is 0.300. The summed E-state index contributed by atoms with van der Waals surface area (Å²) >= 11 is 0. The van der Waals surface area contributed by atoms with Gasteiger partial charge in [0.2, 0.25) is 5.91 Å². The Morgan fingerprint density at radius 1 is 0.973 bits per heavy atom. The molecule has 7 nitrogen and oxygen atoms in total. The van der Waals surface area contributed by atoms with Crippen molar-refractivity contribution in [3.8, 4) is 5.75 Å². The molecule has 0 spiro atoms. The first kappa shape index (κ1) is 25.9. The summed E-state index contributed by atoms with van der Waals surface area (Å²) < 4.78 is 5.59. The van der Waals surface area contributed by atoms with Gasteiger partial charge in [0.05, 0.1) is 12.3 Å². The molecule has 1 unspecified atom stereocenters. The van der Waals surface area contributed by atoms with Gasteiger partial charge in [-0.2, -0.15) is 0 Å². The van der Waals surface area contributed by atoms with Crippen molar-refractivity contribution in [2.45, 2.75) is 38.9 Å². The number of hydrogen-bond donors (Lipinski definition) is 2. The first-order chi connectivity index (χ1) is 17.8. The number of aliphatic imine (C=N–C) groups is 1. The zero-order valence-corrected chi connectivity index (χ0v) is 21.8. The molecule has 0 aromatic heterocycles. The summed E-state index contributed by atoms with van der Waals surface area (Å²) in [6.45, 7) is 6.22. The third kappa shape index (κ3) is 6.55. The largest absolute Gasteiger partial charge is 0.484 e. The van der Waals surface area contributed by atoms with Crippen LogP contribution in [0.2, 0.25) is 0 Å². The number of carbonyl (C=O) groups excluding carboxylic acids is 2. The first-order valence-corrected chi connectivity index (χ1v) is 12.6. The second-order valence-corrected chi connectivity index (χ2v) is 9.57. The van der Waals surface area contributed by atoms with Gasteiger partial charge in [0, 0.05) is 23.9 Å². The van der Waals surface area contributed by atoms with Crippen molar-refractivity contribution < 1.29 is 14.3 Å². The average molecular weight is 499 g/mol. The number of nitrogens with one attached hydrogen (secondary N) is 2. The number of fused-ring (bicyclic) bond motifs is 1. The number of benzodiazepines with no additional fused rings is 1. The van der Waals surface area contributed by atoms with Crippen molar-refractivity contribution in [3.05, 3.63) is 95.6 Å². The smallest absolute Gasteiger partial charge is 0.258 e. The molecule has 4 rings (SSSR count). The molecule has 0 radical (unpaired) electrons. The van der Waals surface area contributed by atoms with Gasteiger partial charge in [-0.3, -0.25) is 14.6 Å². The van der Waals surface area contributed by atoms with Gasteiger partial charge in [-0.1, -0.05) is 74.5 Å². The van der Waals surface area contributed by atoms with Crippen LogP contribution in [0.15, 0.2) is 83.9 Å². The van der Waals surface area contributed by atoms with E-state index in [-0.39, 0.29) is 18.4 Å². The molecule has 2 atom stereocenters. The van der Waals surface area contributed by atoms with Crippen molar-refractivity contribution in [3.63, 3.8) is 0 Å². The van der Waals surface area contributed by atoms with E-state index in [1.165, 1.54) is 5.56 Å². The van der Waals surface area contributed by atoms with E-state index < -0.39 is 12.2 Å². The molecule has 3 aromatic carbocycles. The van der Waals surface area contributed by atoms with Crippen LogP contribution in [0, 0.1) is 0 Å². The van der Waals surface area contributed by atoms with Crippen LogP contribution < -0.4 is 20.3 Å². The van der Waals surface area contributed by atoms with Gasteiger partial charge in [-0.05, 0) is 36.6 Å². The van der Waals surface area contributed by atoms with Gasteiger partial charge in [0.15, 0.2) is 6.61 Å². The van der Waals surface area contributed by atoms with Gasteiger partial charge < -0.3 is 20.3 Å². The van der Waals surface area contributed by atoms with Gasteiger partial charge in [0.1, 0.15) is 18.0 Å². The lowest BCUT2D eigenvalue weighted by atomic mass is 10.0. The Hall–Kier alpha value is -4.13. The zero-order valence-electron chi connectivity index (χ0n) is 21.8. The minimum absolute atomic E-state index is 0.170. The first-order valence-electron chi connectivity index (χ1n) is 12.6. The van der Waals surface area contributed by atoms with Crippen molar-refractivity contribution in [1.82, 2.24) is 10.6 Å². The summed E-state index contributed by atoms with van der Waals surface area (Å²) in [5.41, 5.74) is 5.05. The number of likely N-dealkylation sites (N-methyl/N-ethyl adjacent to an activating group) is 1. The van der Waals surface area contributed by atoms with E-state index in [1.807, 2.05) is 79.8 Å². The molecule has 0 aliphatic carbocycles. The molecule has 192 valence electrons. The van der Waals surface area contributed by atoms with Gasteiger partial charge in [0.25, 0.3) is 5.91 Å². The highest BCUT2D eigenvalue weighted by Gasteiger charge is 2.25. The molecule has 2 N–H and O–H groups in total. The molecule has 2 amide bonds. The van der Waals surface area contributed by atoms with E-state index in [0.717, 1.165) is 22.5 Å². The predicted molar refractivity (Wildman–Crippen MR) is 147 cm³/mol. The number of amides is 2. The fourth-order valence-corrected chi connectivity index (χ4v) is 4.27. The Balaban J connectivity index is 1.40. The van der Waals surface area contributed by atoms with E-state index in [0.29, 0.717) is 18.2 Å². The Bertz CT molecular complexity index is 1260. The second kappa shape index (κ2) is 11.7. The minimum atomic E-state index is -0.745. The highest BCUT2D eigenvalue weighted by atomic mass is 16.5. The molecule has 0 bridgehead atoms. The quantitative estimate of drug-likeness (QED) is 0.489. The van der Waals surface area contributed by atoms with Crippen LogP contribution in [0.1, 0.15) is 43.4 Å². The monoisotopic (exact) mass is 498 g/mol. The van der Waals surface area contributed by atoms with Crippen molar-refractivity contribution in [2.24, 2.45) is 4.99 Å². The van der Waals surface area contributed by atoms with Crippen LogP contribution in [0.25, 0.3) is 0 Å². The summed E-state index contributed by atoms with van der Waals surface area (Å²) in [5.74, 6) is 0.359. The van der Waals surface area contributed by atoms with E-state index in [4.69, 9.17) is 9.73 Å². The van der Waals surface area contributed by atoms with Crippen LogP contribution in [0.3, 0.4) is 0 Å². The third-order valence-corrected chi connectivity index (χ3v) is 6.35. The molecule has 0 saturated carbocycles. The summed E-state index contributed by atoms with van der Waals surface area (Å²) in [5, 5.41) is 5.71. The highest BCUT2D eigenvalue weighted by molar-refractivity contribution is 6.16. The van der Waals surface area contributed by atoms with E-state index in [1.54, 1.807) is 6.92 Å². The standard InChI is InChI=1S/C30H34N4O3/c1-20(2)22-14-16-24(17-15-22)37-19-28(35)31-21(3)30(36)33-27-18-34(4)26-13-9-8-12-25(26)29(32-27)23-10-6-5-7-11-23/h5-17,20-21,27H,18-19H2,1-4H3,(H,31,35)(H,33,36)/t21?,27-/m1/s1. The number of hydrogen-bond acceptors (Lipinski definition) is 5. The molecular weight excluding hydrogens is 464 g/mol. The van der Waals surface area contributed by atoms with E-state index >= 15 is 0 Å². The topological polar surface area (TPSA) is 83.0 Å². The zero-order chi connectivity index (χ0) is 26.4. The van der Waals surface area contributed by atoms with Crippen LogP contribution >= 0.6 is 0 Å². The predicted octanol–water partition coefficient (Wildman–Crippen LogP) is 4.12. The minimum Gasteiger partial charge on any atom is -0.484 e. The summed E-state index contributed by atoms with van der Waals surface area (Å²) in [7, 11) is 1.98. The van der Waals surface area contributed by atoms with E-state index in [2.05, 4.69) is 35.4 Å². The molecule has 37 heavy (non-hydrogen) atoms. The normalized spacial score (nSPS) is 15.8. The third-order valence-electron chi connectivity index (χ3n) is 6.35. The molecule has 1 aliphatic rings. The summed E-state index contributed by atoms with van der Waals surface area (Å²) in [6, 6.07) is 24.9. The highest BCUT2D eigenvalue weighted by Crippen LogP contribution is 2.26. The molecule has 1 heterocycles. The Morgan fingerprint density at radius 2 is 1.65 bits per heavy atom. The van der Waals surface area contributed by atoms with Crippen LogP contribution in [0.5, 0.6) is 5.75 Å². The van der Waals surface area contributed by atoms with Crippen LogP contribution in [-0.2, 0) is 9.59 Å². The molecule has 1 aliphatic heterocycles. The SMILES string of the molecule is CC(NC(=O)COc1ccc(C(C)C)cc1)C(=O)N[C@@H]1CN(C)c2ccccc2C(c2ccccc2)=N1. The lowest BCUT2D eigenvalue weighted by Crippen LogP contribution is -2.50. The number of nitrogens with zero attached hydrogens (tertiary/aromatic N) is 2. The molecule has 7 heteroatoms. The average Bonchev–Trinajstić information content (AvgIpc) is 3.04. The van der Waals surface area contributed by atoms with E-state index in [9.17, 15) is 9.59 Å².